The van der Waals surface area contributed by atoms with Gasteiger partial charge in [0, 0.05) is 25.9 Å². The van der Waals surface area contributed by atoms with Gasteiger partial charge in [-0.05, 0) is 18.6 Å². The fourth-order valence-corrected chi connectivity index (χ4v) is 3.13. The molecular formula is C10H15ClN2O3S. The van der Waals surface area contributed by atoms with Crippen molar-refractivity contribution in [3.8, 4) is 0 Å². The second-order valence-corrected chi connectivity index (χ2v) is 5.71. The molecule has 0 spiro atoms. The van der Waals surface area contributed by atoms with E-state index in [1.165, 1.54) is 22.6 Å². The number of halogens is 1. The fourth-order valence-electron chi connectivity index (χ4n) is 1.39. The van der Waals surface area contributed by atoms with Crippen molar-refractivity contribution in [3.63, 3.8) is 0 Å². The second-order valence-electron chi connectivity index (χ2n) is 3.39. The van der Waals surface area contributed by atoms with E-state index in [1.807, 2.05) is 0 Å². The van der Waals surface area contributed by atoms with Crippen LogP contribution in [0.1, 0.15) is 13.3 Å². The lowest BCUT2D eigenvalue weighted by molar-refractivity contribution is 0.271. The summed E-state index contributed by atoms with van der Waals surface area (Å²) < 4.78 is 25.7. The lowest BCUT2D eigenvalue weighted by Gasteiger charge is -2.19. The third-order valence-corrected chi connectivity index (χ3v) is 4.43. The second kappa shape index (κ2) is 6.30. The molecule has 0 unspecified atom stereocenters. The Kier molecular flexibility index (Phi) is 5.32. The molecule has 0 radical (unpaired) electrons. The predicted octanol–water partition coefficient (Wildman–Crippen LogP) is 1.13. The normalized spacial score (nSPS) is 12.0. The van der Waals surface area contributed by atoms with Gasteiger partial charge in [0.2, 0.25) is 10.0 Å². The smallest absolute Gasteiger partial charge is 0.243 e. The first-order chi connectivity index (χ1) is 8.02. The van der Waals surface area contributed by atoms with Crippen LogP contribution in [0.3, 0.4) is 0 Å². The minimum absolute atomic E-state index is 0.0386. The van der Waals surface area contributed by atoms with Crippen molar-refractivity contribution < 1.29 is 13.5 Å². The highest BCUT2D eigenvalue weighted by atomic mass is 35.5. The molecular weight excluding hydrogens is 264 g/mol. The summed E-state index contributed by atoms with van der Waals surface area (Å²) in [5.41, 5.74) is 0. The molecule has 0 atom stereocenters. The van der Waals surface area contributed by atoms with E-state index >= 15 is 0 Å². The first kappa shape index (κ1) is 14.4. The monoisotopic (exact) mass is 278 g/mol. The highest BCUT2D eigenvalue weighted by molar-refractivity contribution is 7.89. The Morgan fingerprint density at radius 2 is 2.24 bits per heavy atom. The summed E-state index contributed by atoms with van der Waals surface area (Å²) in [6.07, 6.45) is 1.76. The molecule has 96 valence electrons. The van der Waals surface area contributed by atoms with Crippen LogP contribution in [0.5, 0.6) is 0 Å². The standard InChI is InChI=1S/C10H15ClN2O3S/c1-2-13(6-3-7-14)17(15,16)9-4-5-12-10(11)8-9/h4-5,8,14H,2-3,6-7H2,1H3. The Morgan fingerprint density at radius 1 is 1.53 bits per heavy atom. The maximum Gasteiger partial charge on any atom is 0.243 e. The predicted molar refractivity (Wildman–Crippen MR) is 65.4 cm³/mol. The highest BCUT2D eigenvalue weighted by Crippen LogP contribution is 2.17. The molecule has 1 rings (SSSR count). The first-order valence-corrected chi connectivity index (χ1v) is 7.06. The molecule has 0 bridgehead atoms. The summed E-state index contributed by atoms with van der Waals surface area (Å²) in [4.78, 5) is 3.87. The third kappa shape index (κ3) is 3.64. The molecule has 1 aromatic heterocycles. The SMILES string of the molecule is CCN(CCCO)S(=O)(=O)c1ccnc(Cl)c1. The van der Waals surface area contributed by atoms with Crippen molar-refractivity contribution in [2.24, 2.45) is 0 Å². The van der Waals surface area contributed by atoms with Crippen LogP contribution in [-0.2, 0) is 10.0 Å². The number of aliphatic hydroxyl groups excluding tert-OH is 1. The molecule has 7 heteroatoms. The van der Waals surface area contributed by atoms with Gasteiger partial charge < -0.3 is 5.11 Å². The Morgan fingerprint density at radius 3 is 2.76 bits per heavy atom. The van der Waals surface area contributed by atoms with E-state index in [-0.39, 0.29) is 23.2 Å². The van der Waals surface area contributed by atoms with Crippen molar-refractivity contribution >= 4 is 21.6 Å². The number of hydrogen-bond acceptors (Lipinski definition) is 4. The van der Waals surface area contributed by atoms with Gasteiger partial charge in [-0.2, -0.15) is 4.31 Å². The summed E-state index contributed by atoms with van der Waals surface area (Å²) in [6.45, 7) is 2.35. The Hall–Kier alpha value is -0.690. The van der Waals surface area contributed by atoms with Crippen molar-refractivity contribution in [2.45, 2.75) is 18.2 Å². The van der Waals surface area contributed by atoms with Gasteiger partial charge in [0.25, 0.3) is 0 Å². The number of pyridine rings is 1. The average Bonchev–Trinajstić information content (AvgIpc) is 2.30. The molecule has 17 heavy (non-hydrogen) atoms. The number of hydrogen-bond donors (Lipinski definition) is 1. The van der Waals surface area contributed by atoms with Gasteiger partial charge >= 0.3 is 0 Å². The van der Waals surface area contributed by atoms with Crippen molar-refractivity contribution in [1.29, 1.82) is 0 Å². The van der Waals surface area contributed by atoms with Gasteiger partial charge in [-0.25, -0.2) is 13.4 Å². The van der Waals surface area contributed by atoms with Crippen molar-refractivity contribution in [2.75, 3.05) is 19.7 Å². The van der Waals surface area contributed by atoms with E-state index in [1.54, 1.807) is 6.92 Å². The summed E-state index contributed by atoms with van der Waals surface area (Å²) in [6, 6.07) is 2.72. The molecule has 0 amide bonds. The molecule has 1 heterocycles. The number of nitrogens with zero attached hydrogens (tertiary/aromatic N) is 2. The zero-order valence-electron chi connectivity index (χ0n) is 9.50. The van der Waals surface area contributed by atoms with Gasteiger partial charge in [-0.15, -0.1) is 0 Å². The van der Waals surface area contributed by atoms with E-state index in [9.17, 15) is 8.42 Å². The summed E-state index contributed by atoms with van der Waals surface area (Å²) in [5, 5.41) is 8.88. The van der Waals surface area contributed by atoms with Crippen LogP contribution in [0.15, 0.2) is 23.2 Å². The van der Waals surface area contributed by atoms with Gasteiger partial charge in [0.15, 0.2) is 0 Å². The Bertz CT molecular complexity index is 464. The quantitative estimate of drug-likeness (QED) is 0.792. The van der Waals surface area contributed by atoms with Crippen molar-refractivity contribution in [1.82, 2.24) is 9.29 Å². The highest BCUT2D eigenvalue weighted by Gasteiger charge is 2.22. The minimum atomic E-state index is -3.55. The van der Waals surface area contributed by atoms with E-state index < -0.39 is 10.0 Å². The lowest BCUT2D eigenvalue weighted by Crippen LogP contribution is -2.32. The van der Waals surface area contributed by atoms with E-state index in [0.717, 1.165) is 0 Å². The average molecular weight is 279 g/mol. The zero-order valence-corrected chi connectivity index (χ0v) is 11.1. The first-order valence-electron chi connectivity index (χ1n) is 5.25. The van der Waals surface area contributed by atoms with Crippen LogP contribution in [0.2, 0.25) is 5.15 Å². The molecule has 0 saturated carbocycles. The van der Waals surface area contributed by atoms with E-state index in [4.69, 9.17) is 16.7 Å². The van der Waals surface area contributed by atoms with Crippen LogP contribution in [-0.4, -0.2) is 42.5 Å². The summed E-state index contributed by atoms with van der Waals surface area (Å²) in [5.74, 6) is 0. The Labute approximate surface area is 106 Å². The van der Waals surface area contributed by atoms with Gasteiger partial charge in [0.1, 0.15) is 5.15 Å². The van der Waals surface area contributed by atoms with Crippen molar-refractivity contribution in [3.05, 3.63) is 23.5 Å². The molecule has 0 aliphatic carbocycles. The lowest BCUT2D eigenvalue weighted by atomic mass is 10.4. The maximum atomic E-state index is 12.2. The fraction of sp³-hybridized carbons (Fsp3) is 0.500. The summed E-state index contributed by atoms with van der Waals surface area (Å²) >= 11 is 5.67. The van der Waals surface area contributed by atoms with Gasteiger partial charge in [0.05, 0.1) is 4.90 Å². The number of aromatic nitrogens is 1. The van der Waals surface area contributed by atoms with Crippen LogP contribution in [0.4, 0.5) is 0 Å². The molecule has 0 fully saturated rings. The zero-order chi connectivity index (χ0) is 12.9. The molecule has 0 saturated heterocycles. The molecule has 1 aromatic rings. The van der Waals surface area contributed by atoms with E-state index in [0.29, 0.717) is 13.0 Å². The van der Waals surface area contributed by atoms with Crippen LogP contribution in [0.25, 0.3) is 0 Å². The molecule has 5 nitrogen and oxygen atoms in total. The minimum Gasteiger partial charge on any atom is -0.396 e. The van der Waals surface area contributed by atoms with Crippen LogP contribution in [0, 0.1) is 0 Å². The molecule has 1 N–H and O–H groups in total. The van der Waals surface area contributed by atoms with Gasteiger partial charge in [-0.3, -0.25) is 0 Å². The number of rotatable bonds is 6. The number of sulfonamides is 1. The van der Waals surface area contributed by atoms with Gasteiger partial charge in [-0.1, -0.05) is 18.5 Å². The molecule has 0 aliphatic heterocycles. The molecule has 0 aromatic carbocycles. The Balaban J connectivity index is 3.00. The largest absolute Gasteiger partial charge is 0.396 e. The third-order valence-electron chi connectivity index (χ3n) is 2.25. The van der Waals surface area contributed by atoms with E-state index in [2.05, 4.69) is 4.98 Å². The molecule has 0 aliphatic rings. The maximum absolute atomic E-state index is 12.2. The van der Waals surface area contributed by atoms with Crippen LogP contribution >= 0.6 is 11.6 Å². The number of aliphatic hydroxyl groups is 1. The topological polar surface area (TPSA) is 70.5 Å². The summed E-state index contributed by atoms with van der Waals surface area (Å²) in [7, 11) is -3.55. The van der Waals surface area contributed by atoms with Crippen LogP contribution < -0.4 is 0 Å².